The maximum absolute atomic E-state index is 12.3. The molecule has 0 radical (unpaired) electrons. The molecule has 4 fully saturated rings. The Labute approximate surface area is 250 Å². The molecule has 4 aliphatic rings. The largest absolute Gasteiger partial charge is 0.481 e. The fourth-order valence-electron chi connectivity index (χ4n) is 9.86. The molecule has 4 N–H and O–H groups in total. The Morgan fingerprint density at radius 3 is 2.36 bits per heavy atom. The molecule has 42 heavy (non-hydrogen) atoms. The van der Waals surface area contributed by atoms with Crippen molar-refractivity contribution in [1.82, 2.24) is 5.32 Å². The molecule has 0 bridgehead atoms. The number of amides is 1. The van der Waals surface area contributed by atoms with Crippen molar-refractivity contribution in [2.24, 2.45) is 46.3 Å². The Morgan fingerprint density at radius 1 is 0.976 bits per heavy atom. The van der Waals surface area contributed by atoms with Crippen molar-refractivity contribution >= 4 is 28.0 Å². The predicted molar refractivity (Wildman–Crippen MR) is 156 cm³/mol. The summed E-state index contributed by atoms with van der Waals surface area (Å²) in [5.41, 5.74) is 0.205. The number of carboxylic acids is 1. The molecule has 0 aliphatic heterocycles. The molecular weight excluding hydrogens is 562 g/mol. The van der Waals surface area contributed by atoms with Crippen LogP contribution in [0.15, 0.2) is 0 Å². The number of carboxylic acid groups (broad SMARTS) is 1. The topological polar surface area (TPSA) is 167 Å². The zero-order valence-corrected chi connectivity index (χ0v) is 26.2. The van der Waals surface area contributed by atoms with Gasteiger partial charge in [-0.25, -0.2) is 0 Å². The quantitative estimate of drug-likeness (QED) is 0.186. The molecule has 0 aromatic rings. The van der Waals surface area contributed by atoms with E-state index in [9.17, 15) is 27.9 Å². The molecule has 0 aromatic heterocycles. The fraction of sp³-hybridized carbons (Fsp3) is 0.903. The first-order valence-electron chi connectivity index (χ1n) is 15.9. The lowest BCUT2D eigenvalue weighted by atomic mass is 9.43. The van der Waals surface area contributed by atoms with Gasteiger partial charge in [0.15, 0.2) is 0 Å². The molecular formula is C31H51NO9S. The van der Waals surface area contributed by atoms with Gasteiger partial charge >= 0.3 is 11.9 Å². The van der Waals surface area contributed by atoms with Crippen LogP contribution in [-0.2, 0) is 29.2 Å². The molecule has 0 aromatic carbocycles. The van der Waals surface area contributed by atoms with E-state index in [1.807, 2.05) is 0 Å². The fourth-order valence-corrected chi connectivity index (χ4v) is 10.2. The normalized spacial score (nSPS) is 38.5. The Kier molecular flexibility index (Phi) is 10.4. The molecule has 4 aliphatic carbocycles. The minimum atomic E-state index is -4.10. The standard InChI is InChI=1S/C31H51NO9S/c1-19(7-10-26(34)32-15-16-42(38,39)40)22-8-9-23-29-24(12-14-31(22,23)3)30(2)13-11-21(17-20(30)18-25(29)33)41-28(37)6-4-5-27(35)36/h19-25,29,33H,4-18H2,1-3H3,(H,32,34)(H,35,36)(H,38,39,40)/t19-,20?,21-,22-,23+,24+,25+,29+,30+,31-/m1/s1. The molecule has 10 nitrogen and oxygen atoms in total. The Morgan fingerprint density at radius 2 is 1.67 bits per heavy atom. The van der Waals surface area contributed by atoms with Crippen molar-refractivity contribution in [3.63, 3.8) is 0 Å². The number of ether oxygens (including phenoxy) is 1. The molecule has 4 rings (SSSR count). The number of aliphatic hydroxyl groups is 1. The van der Waals surface area contributed by atoms with Crippen LogP contribution in [0.25, 0.3) is 0 Å². The lowest BCUT2D eigenvalue weighted by molar-refractivity contribution is -0.183. The minimum absolute atomic E-state index is 0.0372. The van der Waals surface area contributed by atoms with Crippen LogP contribution in [0.1, 0.15) is 104 Å². The lowest BCUT2D eigenvalue weighted by Crippen LogP contribution is -2.58. The van der Waals surface area contributed by atoms with Gasteiger partial charge in [0.25, 0.3) is 10.1 Å². The predicted octanol–water partition coefficient (Wildman–Crippen LogP) is 4.20. The van der Waals surface area contributed by atoms with E-state index in [0.717, 1.165) is 57.8 Å². The van der Waals surface area contributed by atoms with Crippen molar-refractivity contribution < 1.29 is 42.3 Å². The number of esters is 1. The number of hydrogen-bond acceptors (Lipinski definition) is 7. The third-order valence-electron chi connectivity index (χ3n) is 12.0. The van der Waals surface area contributed by atoms with Gasteiger partial charge in [-0.1, -0.05) is 20.8 Å². The van der Waals surface area contributed by atoms with Crippen LogP contribution < -0.4 is 5.32 Å². The molecule has 4 saturated carbocycles. The summed E-state index contributed by atoms with van der Waals surface area (Å²) in [5, 5.41) is 23.0. The average Bonchev–Trinajstić information content (AvgIpc) is 3.24. The summed E-state index contributed by atoms with van der Waals surface area (Å²) >= 11 is 0. The second-order valence-corrected chi connectivity index (χ2v) is 15.9. The number of aliphatic hydroxyl groups excluding tert-OH is 1. The lowest BCUT2D eigenvalue weighted by Gasteiger charge is -2.62. The van der Waals surface area contributed by atoms with Gasteiger partial charge in [-0.2, -0.15) is 8.42 Å². The highest BCUT2D eigenvalue weighted by atomic mass is 32.2. The van der Waals surface area contributed by atoms with Crippen LogP contribution in [0, 0.1) is 46.3 Å². The molecule has 240 valence electrons. The number of fused-ring (bicyclic) bond motifs is 5. The van der Waals surface area contributed by atoms with E-state index in [2.05, 4.69) is 26.1 Å². The Balaban J connectivity index is 1.34. The van der Waals surface area contributed by atoms with Crippen molar-refractivity contribution in [3.05, 3.63) is 0 Å². The van der Waals surface area contributed by atoms with Crippen molar-refractivity contribution in [1.29, 1.82) is 0 Å². The molecule has 10 atom stereocenters. The van der Waals surface area contributed by atoms with Gasteiger partial charge in [0.05, 0.1) is 11.9 Å². The molecule has 1 amide bonds. The summed E-state index contributed by atoms with van der Waals surface area (Å²) in [5.74, 6) is 0.279. The van der Waals surface area contributed by atoms with E-state index >= 15 is 0 Å². The zero-order valence-electron chi connectivity index (χ0n) is 25.4. The van der Waals surface area contributed by atoms with E-state index in [1.165, 1.54) is 0 Å². The van der Waals surface area contributed by atoms with Crippen LogP contribution in [-0.4, -0.2) is 65.5 Å². The van der Waals surface area contributed by atoms with Crippen LogP contribution >= 0.6 is 0 Å². The van der Waals surface area contributed by atoms with E-state index < -0.39 is 21.8 Å². The van der Waals surface area contributed by atoms with Crippen LogP contribution in [0.5, 0.6) is 0 Å². The molecule has 0 saturated heterocycles. The van der Waals surface area contributed by atoms with E-state index in [-0.39, 0.29) is 66.6 Å². The van der Waals surface area contributed by atoms with E-state index in [0.29, 0.717) is 36.0 Å². The van der Waals surface area contributed by atoms with Crippen LogP contribution in [0.3, 0.4) is 0 Å². The third kappa shape index (κ3) is 7.32. The minimum Gasteiger partial charge on any atom is -0.481 e. The van der Waals surface area contributed by atoms with Crippen LogP contribution in [0.2, 0.25) is 0 Å². The Hall–Kier alpha value is -1.72. The number of rotatable bonds is 12. The first kappa shape index (κ1) is 33.2. The van der Waals surface area contributed by atoms with Crippen LogP contribution in [0.4, 0.5) is 0 Å². The van der Waals surface area contributed by atoms with E-state index in [1.54, 1.807) is 0 Å². The molecule has 0 heterocycles. The second kappa shape index (κ2) is 13.1. The summed E-state index contributed by atoms with van der Waals surface area (Å²) in [6.07, 6.45) is 8.47. The smallest absolute Gasteiger partial charge is 0.306 e. The van der Waals surface area contributed by atoms with Gasteiger partial charge in [-0.05, 0) is 111 Å². The highest BCUT2D eigenvalue weighted by molar-refractivity contribution is 7.85. The number of carbonyl (C=O) groups excluding carboxylic acids is 2. The third-order valence-corrected chi connectivity index (χ3v) is 12.7. The summed E-state index contributed by atoms with van der Waals surface area (Å²) < 4.78 is 36.4. The van der Waals surface area contributed by atoms with Crippen molar-refractivity contribution in [2.45, 2.75) is 116 Å². The maximum atomic E-state index is 12.3. The monoisotopic (exact) mass is 613 g/mol. The SMILES string of the molecule is C[C@H](CCC(=O)NCCS(=O)(=O)O)[C@H]1CC[C@H]2[C@@H]3[C@@H](O)CC4C[C@H](OC(=O)CCCC(=O)O)CC[C@]4(C)[C@H]3CC[C@]12C. The van der Waals surface area contributed by atoms with Crippen molar-refractivity contribution in [3.8, 4) is 0 Å². The highest BCUT2D eigenvalue weighted by Crippen LogP contribution is 2.68. The van der Waals surface area contributed by atoms with Gasteiger partial charge in [0, 0.05) is 25.8 Å². The van der Waals surface area contributed by atoms with Gasteiger partial charge in [0.2, 0.25) is 5.91 Å². The Bertz CT molecular complexity index is 1110. The summed E-state index contributed by atoms with van der Waals surface area (Å²) in [4.78, 5) is 35.4. The first-order chi connectivity index (χ1) is 19.6. The molecule has 1 unspecified atom stereocenters. The number of carbonyl (C=O) groups is 3. The van der Waals surface area contributed by atoms with Gasteiger partial charge in [-0.15, -0.1) is 0 Å². The van der Waals surface area contributed by atoms with Gasteiger partial charge < -0.3 is 20.3 Å². The highest BCUT2D eigenvalue weighted by Gasteiger charge is 2.63. The summed E-state index contributed by atoms with van der Waals surface area (Å²) in [6.45, 7) is 6.92. The van der Waals surface area contributed by atoms with Gasteiger partial charge in [-0.3, -0.25) is 18.9 Å². The molecule has 11 heteroatoms. The zero-order chi connectivity index (χ0) is 30.9. The van der Waals surface area contributed by atoms with Crippen molar-refractivity contribution in [2.75, 3.05) is 12.3 Å². The number of aliphatic carboxylic acids is 1. The second-order valence-electron chi connectivity index (χ2n) is 14.3. The average molecular weight is 614 g/mol. The van der Waals surface area contributed by atoms with E-state index in [4.69, 9.17) is 14.4 Å². The number of nitrogens with one attached hydrogen (secondary N) is 1. The summed E-state index contributed by atoms with van der Waals surface area (Å²) in [6, 6.07) is 0. The summed E-state index contributed by atoms with van der Waals surface area (Å²) in [7, 11) is -4.10. The first-order valence-corrected chi connectivity index (χ1v) is 17.6. The maximum Gasteiger partial charge on any atom is 0.306 e. The number of hydrogen-bond donors (Lipinski definition) is 4. The van der Waals surface area contributed by atoms with Gasteiger partial charge in [0.1, 0.15) is 6.10 Å². The molecule has 0 spiro atoms.